The van der Waals surface area contributed by atoms with Gasteiger partial charge in [0.1, 0.15) is 13.2 Å². The number of hydrogen-bond donors (Lipinski definition) is 0. The Morgan fingerprint density at radius 1 is 0.531 bits per heavy atom. The second kappa shape index (κ2) is 16.9. The minimum absolute atomic E-state index is 0.222. The van der Waals surface area contributed by atoms with E-state index in [0.29, 0.717) is 25.7 Å². The molecular weight excluding hydrogens is 606 g/mol. The number of aryl methyl sites for hydroxylation is 4. The van der Waals surface area contributed by atoms with Gasteiger partial charge in [-0.3, -0.25) is 9.59 Å². The Kier molecular flexibility index (Phi) is 12.0. The fraction of sp³-hybridized carbons (Fsp3) is 0.182. The molecule has 0 fully saturated rings. The van der Waals surface area contributed by atoms with Crippen LogP contribution in [0.15, 0.2) is 128 Å². The first-order valence-electron chi connectivity index (χ1n) is 16.6. The summed E-state index contributed by atoms with van der Waals surface area (Å²) in [6, 6.07) is 38.7. The third-order valence-electron chi connectivity index (χ3n) is 8.60. The Bertz CT molecular complexity index is 1760. The molecule has 5 nitrogen and oxygen atoms in total. The van der Waals surface area contributed by atoms with Crippen LogP contribution in [-0.2, 0) is 45.1 Å². The number of esters is 2. The first-order chi connectivity index (χ1) is 23.8. The molecule has 0 bridgehead atoms. The van der Waals surface area contributed by atoms with Crippen LogP contribution < -0.4 is 4.90 Å². The van der Waals surface area contributed by atoms with Crippen molar-refractivity contribution in [1.82, 2.24) is 0 Å². The zero-order valence-corrected chi connectivity index (χ0v) is 28.4. The van der Waals surface area contributed by atoms with E-state index in [1.807, 2.05) is 48.5 Å². The van der Waals surface area contributed by atoms with Gasteiger partial charge in [0, 0.05) is 29.9 Å². The molecule has 5 aromatic rings. The standard InChI is InChI=1S/C44H43NO4/c1-5-34-8-12-38(13-9-34)30-48-43(46)27-20-36-16-23-40(24-17-36)45(42-22-7-32(3)33(4)29-42)41-25-18-37(19-26-41)21-28-44(47)49-31-39-14-10-35(6-2)11-15-39/h5-19,22-26,29H,1-2,20-21,27-28,30-31H2,3-4H3. The monoisotopic (exact) mass is 649 g/mol. The Labute approximate surface area is 290 Å². The van der Waals surface area contributed by atoms with E-state index < -0.39 is 0 Å². The lowest BCUT2D eigenvalue weighted by Crippen LogP contribution is -2.11. The molecule has 248 valence electrons. The number of ether oxygens (including phenoxy) is 2. The molecule has 5 aromatic carbocycles. The number of carbonyl (C=O) groups excluding carboxylic acids is 2. The van der Waals surface area contributed by atoms with E-state index in [2.05, 4.69) is 98.6 Å². The maximum Gasteiger partial charge on any atom is 0.306 e. The molecule has 0 amide bonds. The highest BCUT2D eigenvalue weighted by molar-refractivity contribution is 5.77. The number of nitrogens with zero attached hydrogens (tertiary/aromatic N) is 1. The number of hydrogen-bond acceptors (Lipinski definition) is 5. The minimum atomic E-state index is -0.222. The zero-order chi connectivity index (χ0) is 34.6. The zero-order valence-electron chi connectivity index (χ0n) is 28.4. The van der Waals surface area contributed by atoms with Crippen molar-refractivity contribution >= 4 is 41.2 Å². The minimum Gasteiger partial charge on any atom is -0.461 e. The topological polar surface area (TPSA) is 55.8 Å². The lowest BCUT2D eigenvalue weighted by atomic mass is 10.0. The Morgan fingerprint density at radius 3 is 1.31 bits per heavy atom. The van der Waals surface area contributed by atoms with Crippen LogP contribution in [0.4, 0.5) is 17.1 Å². The number of benzene rings is 5. The quantitative estimate of drug-likeness (QED) is 0.106. The lowest BCUT2D eigenvalue weighted by Gasteiger charge is -2.26. The van der Waals surface area contributed by atoms with Gasteiger partial charge in [-0.1, -0.05) is 104 Å². The second-order valence-corrected chi connectivity index (χ2v) is 12.1. The van der Waals surface area contributed by atoms with Crippen molar-refractivity contribution < 1.29 is 19.1 Å². The largest absolute Gasteiger partial charge is 0.461 e. The van der Waals surface area contributed by atoms with Crippen molar-refractivity contribution in [2.75, 3.05) is 4.90 Å². The SMILES string of the molecule is C=Cc1ccc(COC(=O)CCc2ccc(N(c3ccc(CCC(=O)OCc4ccc(C=C)cc4)cc3)c3ccc(C)c(C)c3)cc2)cc1. The third-order valence-corrected chi connectivity index (χ3v) is 8.60. The van der Waals surface area contributed by atoms with E-state index in [9.17, 15) is 9.59 Å². The molecule has 0 aromatic heterocycles. The van der Waals surface area contributed by atoms with Gasteiger partial charge in [-0.05, 0) is 108 Å². The van der Waals surface area contributed by atoms with Gasteiger partial charge in [-0.25, -0.2) is 0 Å². The molecule has 0 N–H and O–H groups in total. The van der Waals surface area contributed by atoms with Gasteiger partial charge < -0.3 is 14.4 Å². The lowest BCUT2D eigenvalue weighted by molar-refractivity contribution is -0.145. The van der Waals surface area contributed by atoms with Crippen LogP contribution in [0.2, 0.25) is 0 Å². The summed E-state index contributed by atoms with van der Waals surface area (Å²) in [7, 11) is 0. The average molecular weight is 650 g/mol. The third kappa shape index (κ3) is 9.91. The maximum absolute atomic E-state index is 12.5. The Hall–Kier alpha value is -5.68. The summed E-state index contributed by atoms with van der Waals surface area (Å²) in [6.45, 7) is 12.3. The smallest absolute Gasteiger partial charge is 0.306 e. The van der Waals surface area contributed by atoms with E-state index in [0.717, 1.165) is 50.4 Å². The maximum atomic E-state index is 12.5. The number of rotatable bonds is 15. The van der Waals surface area contributed by atoms with Crippen LogP contribution in [0.1, 0.15) is 57.3 Å². The molecule has 0 unspecified atom stereocenters. The van der Waals surface area contributed by atoms with Gasteiger partial charge in [-0.2, -0.15) is 0 Å². The highest BCUT2D eigenvalue weighted by Gasteiger charge is 2.14. The summed E-state index contributed by atoms with van der Waals surface area (Å²) in [5, 5.41) is 0. The van der Waals surface area contributed by atoms with Crippen LogP contribution in [0, 0.1) is 13.8 Å². The van der Waals surface area contributed by atoms with E-state index in [-0.39, 0.29) is 25.2 Å². The molecular formula is C44H43NO4. The van der Waals surface area contributed by atoms with Crippen molar-refractivity contribution in [1.29, 1.82) is 0 Å². The summed E-state index contributed by atoms with van der Waals surface area (Å²) in [5.41, 5.74) is 11.6. The van der Waals surface area contributed by atoms with Crippen molar-refractivity contribution in [3.05, 3.63) is 173 Å². The van der Waals surface area contributed by atoms with Crippen molar-refractivity contribution in [2.24, 2.45) is 0 Å². The average Bonchev–Trinajstić information content (AvgIpc) is 3.14. The van der Waals surface area contributed by atoms with Gasteiger partial charge in [0.2, 0.25) is 0 Å². The fourth-order valence-electron chi connectivity index (χ4n) is 5.40. The highest BCUT2D eigenvalue weighted by atomic mass is 16.5. The molecule has 0 saturated carbocycles. The molecule has 0 heterocycles. The molecule has 5 heteroatoms. The van der Waals surface area contributed by atoms with Crippen molar-refractivity contribution in [3.8, 4) is 0 Å². The summed E-state index contributed by atoms with van der Waals surface area (Å²) >= 11 is 0. The Balaban J connectivity index is 1.20. The molecule has 0 aliphatic rings. The first-order valence-corrected chi connectivity index (χ1v) is 16.6. The van der Waals surface area contributed by atoms with Crippen molar-refractivity contribution in [3.63, 3.8) is 0 Å². The number of anilines is 3. The van der Waals surface area contributed by atoms with E-state index >= 15 is 0 Å². The second-order valence-electron chi connectivity index (χ2n) is 12.1. The van der Waals surface area contributed by atoms with Gasteiger partial charge in [0.25, 0.3) is 0 Å². The highest BCUT2D eigenvalue weighted by Crippen LogP contribution is 2.36. The van der Waals surface area contributed by atoms with Gasteiger partial charge in [0.15, 0.2) is 0 Å². The molecule has 0 atom stereocenters. The molecule has 0 aliphatic heterocycles. The molecule has 0 radical (unpaired) electrons. The normalized spacial score (nSPS) is 10.7. The number of carbonyl (C=O) groups is 2. The Morgan fingerprint density at radius 2 is 0.918 bits per heavy atom. The molecule has 0 spiro atoms. The van der Waals surface area contributed by atoms with E-state index in [1.165, 1.54) is 11.1 Å². The fourth-order valence-corrected chi connectivity index (χ4v) is 5.40. The van der Waals surface area contributed by atoms with Crippen LogP contribution >= 0.6 is 0 Å². The van der Waals surface area contributed by atoms with Crippen LogP contribution in [0.5, 0.6) is 0 Å². The predicted octanol–water partition coefficient (Wildman–Crippen LogP) is 10.4. The first kappa shape index (κ1) is 34.6. The van der Waals surface area contributed by atoms with Gasteiger partial charge in [0.05, 0.1) is 0 Å². The summed E-state index contributed by atoms with van der Waals surface area (Å²) < 4.78 is 11.0. The van der Waals surface area contributed by atoms with E-state index in [1.54, 1.807) is 12.2 Å². The predicted molar refractivity (Wildman–Crippen MR) is 200 cm³/mol. The van der Waals surface area contributed by atoms with Gasteiger partial charge in [-0.15, -0.1) is 0 Å². The molecule has 49 heavy (non-hydrogen) atoms. The summed E-state index contributed by atoms with van der Waals surface area (Å²) in [6.07, 6.45) is 5.38. The summed E-state index contributed by atoms with van der Waals surface area (Å²) in [5.74, 6) is -0.443. The van der Waals surface area contributed by atoms with Crippen LogP contribution in [-0.4, -0.2) is 11.9 Å². The van der Waals surface area contributed by atoms with Gasteiger partial charge >= 0.3 is 11.9 Å². The van der Waals surface area contributed by atoms with Crippen molar-refractivity contribution in [2.45, 2.75) is 52.7 Å². The molecule has 0 aliphatic carbocycles. The van der Waals surface area contributed by atoms with E-state index in [4.69, 9.17) is 9.47 Å². The van der Waals surface area contributed by atoms with Crippen LogP contribution in [0.25, 0.3) is 12.2 Å². The van der Waals surface area contributed by atoms with Crippen LogP contribution in [0.3, 0.4) is 0 Å². The summed E-state index contributed by atoms with van der Waals surface area (Å²) in [4.78, 5) is 27.2. The molecule has 0 saturated heterocycles. The molecule has 5 rings (SSSR count).